The molecule has 0 amide bonds. The Balaban J connectivity index is 1.19. The van der Waals surface area contributed by atoms with Crippen molar-refractivity contribution in [2.75, 3.05) is 68.9 Å². The standard InChI is InChI=1S/C25H31N7O3S/c1-36(33,34)32-15-18-13-31(14-19(18)16-32)20-4-2-17(3-5-20)22-10-23-24(28-7-6-27-23)25(30-22)29-12-21-11-26-8-9-35-21/h2-7,10,18-19,21,26H,8-9,11-16H2,1H3,(H,29,30). The number of rotatable bonds is 6. The molecule has 10 nitrogen and oxygen atoms in total. The van der Waals surface area contributed by atoms with Crippen molar-refractivity contribution in [2.24, 2.45) is 11.8 Å². The maximum absolute atomic E-state index is 11.9. The third-order valence-corrected chi connectivity index (χ3v) is 8.64. The molecule has 2 aromatic heterocycles. The molecule has 0 bridgehead atoms. The van der Waals surface area contributed by atoms with E-state index in [0.717, 1.165) is 54.2 Å². The summed E-state index contributed by atoms with van der Waals surface area (Å²) < 4.78 is 31.2. The molecule has 190 valence electrons. The second kappa shape index (κ2) is 9.55. The Morgan fingerprint density at radius 1 is 1.08 bits per heavy atom. The van der Waals surface area contributed by atoms with E-state index in [2.05, 4.69) is 49.8 Å². The Morgan fingerprint density at radius 3 is 2.53 bits per heavy atom. The normalized spacial score (nSPS) is 24.8. The van der Waals surface area contributed by atoms with Crippen molar-refractivity contribution < 1.29 is 13.2 Å². The Hall–Kier alpha value is -2.86. The summed E-state index contributed by atoms with van der Waals surface area (Å²) in [4.78, 5) is 16.3. The van der Waals surface area contributed by atoms with Gasteiger partial charge in [0.25, 0.3) is 0 Å². The number of fused-ring (bicyclic) bond motifs is 2. The molecule has 3 unspecified atom stereocenters. The first-order valence-corrected chi connectivity index (χ1v) is 14.3. The molecule has 5 heterocycles. The molecule has 1 aromatic carbocycles. The summed E-state index contributed by atoms with van der Waals surface area (Å²) >= 11 is 0. The Bertz CT molecular complexity index is 1330. The van der Waals surface area contributed by atoms with Gasteiger partial charge >= 0.3 is 0 Å². The van der Waals surface area contributed by atoms with E-state index < -0.39 is 10.0 Å². The summed E-state index contributed by atoms with van der Waals surface area (Å²) in [5.74, 6) is 1.48. The van der Waals surface area contributed by atoms with Crippen LogP contribution in [0.15, 0.2) is 42.7 Å². The van der Waals surface area contributed by atoms with Crippen molar-refractivity contribution in [1.29, 1.82) is 0 Å². The number of morpholine rings is 1. The van der Waals surface area contributed by atoms with Gasteiger partial charge in [-0.3, -0.25) is 4.98 Å². The summed E-state index contributed by atoms with van der Waals surface area (Å²) in [7, 11) is -3.11. The highest BCUT2D eigenvalue weighted by atomic mass is 32.2. The van der Waals surface area contributed by atoms with E-state index in [0.29, 0.717) is 43.9 Å². The monoisotopic (exact) mass is 509 g/mol. The number of benzene rings is 1. The Morgan fingerprint density at radius 2 is 1.83 bits per heavy atom. The van der Waals surface area contributed by atoms with Crippen LogP contribution < -0.4 is 15.5 Å². The number of nitrogens with zero attached hydrogens (tertiary/aromatic N) is 5. The van der Waals surface area contributed by atoms with Crippen LogP contribution in [0.3, 0.4) is 0 Å². The summed E-state index contributed by atoms with van der Waals surface area (Å²) in [5, 5.41) is 6.78. The van der Waals surface area contributed by atoms with Crippen molar-refractivity contribution in [3.05, 3.63) is 42.7 Å². The van der Waals surface area contributed by atoms with Crippen LogP contribution in [-0.4, -0.2) is 92.5 Å². The van der Waals surface area contributed by atoms with Crippen LogP contribution in [0, 0.1) is 11.8 Å². The maximum atomic E-state index is 11.9. The molecule has 3 saturated heterocycles. The number of hydrogen-bond donors (Lipinski definition) is 2. The number of anilines is 2. The van der Waals surface area contributed by atoms with Gasteiger partial charge in [0.05, 0.1) is 30.2 Å². The first-order chi connectivity index (χ1) is 17.4. The fourth-order valence-electron chi connectivity index (χ4n) is 5.48. The van der Waals surface area contributed by atoms with Crippen molar-refractivity contribution in [2.45, 2.75) is 6.10 Å². The number of pyridine rings is 1. The average Bonchev–Trinajstić information content (AvgIpc) is 3.48. The fourth-order valence-corrected chi connectivity index (χ4v) is 6.40. The predicted octanol–water partition coefficient (Wildman–Crippen LogP) is 1.42. The highest BCUT2D eigenvalue weighted by molar-refractivity contribution is 7.88. The molecule has 6 rings (SSSR count). The minimum atomic E-state index is -3.11. The van der Waals surface area contributed by atoms with Gasteiger partial charge < -0.3 is 20.3 Å². The number of nitrogens with one attached hydrogen (secondary N) is 2. The zero-order valence-electron chi connectivity index (χ0n) is 20.3. The van der Waals surface area contributed by atoms with E-state index in [4.69, 9.17) is 9.72 Å². The smallest absolute Gasteiger partial charge is 0.211 e. The lowest BCUT2D eigenvalue weighted by Crippen LogP contribution is -2.42. The predicted molar refractivity (Wildman–Crippen MR) is 139 cm³/mol. The molecule has 0 spiro atoms. The first-order valence-electron chi connectivity index (χ1n) is 12.4. The van der Waals surface area contributed by atoms with Crippen LogP contribution in [0.4, 0.5) is 11.5 Å². The summed E-state index contributed by atoms with van der Waals surface area (Å²) in [5.41, 5.74) is 4.53. The van der Waals surface area contributed by atoms with E-state index in [1.807, 2.05) is 6.07 Å². The second-order valence-corrected chi connectivity index (χ2v) is 11.9. The highest BCUT2D eigenvalue weighted by Crippen LogP contribution is 2.35. The van der Waals surface area contributed by atoms with Gasteiger partial charge in [-0.25, -0.2) is 22.7 Å². The lowest BCUT2D eigenvalue weighted by Gasteiger charge is -2.24. The molecule has 3 aromatic rings. The van der Waals surface area contributed by atoms with Gasteiger partial charge in [0.2, 0.25) is 10.0 Å². The van der Waals surface area contributed by atoms with Gasteiger partial charge in [0, 0.05) is 69.5 Å². The van der Waals surface area contributed by atoms with Crippen LogP contribution in [0.5, 0.6) is 0 Å². The lowest BCUT2D eigenvalue weighted by molar-refractivity contribution is 0.0372. The number of sulfonamides is 1. The van der Waals surface area contributed by atoms with Gasteiger partial charge in [-0.15, -0.1) is 0 Å². The zero-order chi connectivity index (χ0) is 24.7. The molecule has 0 saturated carbocycles. The van der Waals surface area contributed by atoms with Crippen molar-refractivity contribution in [3.8, 4) is 11.3 Å². The van der Waals surface area contributed by atoms with Gasteiger partial charge in [-0.2, -0.15) is 0 Å². The van der Waals surface area contributed by atoms with E-state index in [-0.39, 0.29) is 6.10 Å². The van der Waals surface area contributed by atoms with Crippen LogP contribution in [-0.2, 0) is 14.8 Å². The summed E-state index contributed by atoms with van der Waals surface area (Å²) in [6.45, 7) is 6.05. The van der Waals surface area contributed by atoms with Crippen molar-refractivity contribution in [1.82, 2.24) is 24.6 Å². The first kappa shape index (κ1) is 23.5. The summed E-state index contributed by atoms with van der Waals surface area (Å²) in [6, 6.07) is 10.4. The van der Waals surface area contributed by atoms with E-state index >= 15 is 0 Å². The minimum Gasteiger partial charge on any atom is -0.374 e. The molecular formula is C25H31N7O3S. The van der Waals surface area contributed by atoms with E-state index in [1.54, 1.807) is 16.7 Å². The molecule has 3 atom stereocenters. The van der Waals surface area contributed by atoms with Gasteiger partial charge in [-0.1, -0.05) is 12.1 Å². The van der Waals surface area contributed by atoms with Gasteiger partial charge in [-0.05, 0) is 30.0 Å². The van der Waals surface area contributed by atoms with Crippen LogP contribution in [0.2, 0.25) is 0 Å². The largest absolute Gasteiger partial charge is 0.374 e. The zero-order valence-corrected chi connectivity index (χ0v) is 21.1. The molecule has 3 aliphatic rings. The number of hydrogen-bond acceptors (Lipinski definition) is 9. The van der Waals surface area contributed by atoms with Crippen LogP contribution in [0.1, 0.15) is 0 Å². The third-order valence-electron chi connectivity index (χ3n) is 7.41. The topological polar surface area (TPSA) is 113 Å². The Kier molecular flexibility index (Phi) is 6.24. The molecule has 3 aliphatic heterocycles. The molecule has 0 aliphatic carbocycles. The highest BCUT2D eigenvalue weighted by Gasteiger charge is 2.42. The number of ether oxygens (including phenoxy) is 1. The maximum Gasteiger partial charge on any atom is 0.211 e. The van der Waals surface area contributed by atoms with Crippen LogP contribution in [0.25, 0.3) is 22.3 Å². The fraction of sp³-hybridized carbons (Fsp3) is 0.480. The molecule has 0 radical (unpaired) electrons. The van der Waals surface area contributed by atoms with Gasteiger partial charge in [0.1, 0.15) is 5.52 Å². The lowest BCUT2D eigenvalue weighted by atomic mass is 10.0. The molecule has 36 heavy (non-hydrogen) atoms. The van der Waals surface area contributed by atoms with Gasteiger partial charge in [0.15, 0.2) is 5.82 Å². The average molecular weight is 510 g/mol. The summed E-state index contributed by atoms with van der Waals surface area (Å²) in [6.07, 6.45) is 4.77. The molecule has 3 fully saturated rings. The SMILES string of the molecule is CS(=O)(=O)N1CC2CN(c3ccc(-c4cc5nccnc5c(NCC5CNCCO5)n4)cc3)CC2C1. The molecular weight excluding hydrogens is 478 g/mol. The quantitative estimate of drug-likeness (QED) is 0.509. The molecule has 11 heteroatoms. The number of aromatic nitrogens is 3. The van der Waals surface area contributed by atoms with E-state index in [1.165, 1.54) is 6.26 Å². The van der Waals surface area contributed by atoms with Crippen LogP contribution >= 0.6 is 0 Å². The van der Waals surface area contributed by atoms with Crippen molar-refractivity contribution >= 4 is 32.6 Å². The molecule has 2 N–H and O–H groups in total. The second-order valence-electron chi connectivity index (χ2n) is 9.91. The van der Waals surface area contributed by atoms with E-state index in [9.17, 15) is 8.42 Å². The Labute approximate surface area is 211 Å². The third kappa shape index (κ3) is 4.75. The minimum absolute atomic E-state index is 0.0830. The van der Waals surface area contributed by atoms with Crippen molar-refractivity contribution in [3.63, 3.8) is 0 Å².